The molecule has 382 valence electrons. The normalized spacial score (nSPS) is 19.6. The average Bonchev–Trinajstić information content (AvgIpc) is 3.97. The number of carbonyl (C=O) groups is 4. The van der Waals surface area contributed by atoms with Gasteiger partial charge in [0.15, 0.2) is 10.8 Å². The number of fused-ring (bicyclic) bond motifs is 3. The van der Waals surface area contributed by atoms with Gasteiger partial charge in [-0.1, -0.05) is 60.6 Å². The maximum atomic E-state index is 13.7. The summed E-state index contributed by atoms with van der Waals surface area (Å²) in [6.07, 6.45) is 11.6. The molecule has 3 amide bonds. The van der Waals surface area contributed by atoms with Crippen molar-refractivity contribution >= 4 is 67.1 Å². The molecule has 3 fully saturated rings. The van der Waals surface area contributed by atoms with Gasteiger partial charge >= 0.3 is 5.97 Å². The van der Waals surface area contributed by atoms with E-state index in [9.17, 15) is 24.3 Å². The summed E-state index contributed by atoms with van der Waals surface area (Å²) in [6.45, 7) is 6.19. The Morgan fingerprint density at radius 3 is 2.45 bits per heavy atom. The smallest absolute Gasteiger partial charge is 0.355 e. The molecule has 0 spiro atoms. The van der Waals surface area contributed by atoms with E-state index in [-0.39, 0.29) is 35.6 Å². The summed E-state index contributed by atoms with van der Waals surface area (Å²) in [7, 11) is 1.88. The van der Waals surface area contributed by atoms with E-state index in [0.717, 1.165) is 113 Å². The van der Waals surface area contributed by atoms with Gasteiger partial charge in [-0.05, 0) is 148 Å². The Morgan fingerprint density at radius 2 is 1.64 bits per heavy atom. The fraction of sp³-hybridized carbons (Fsp3) is 0.397. The van der Waals surface area contributed by atoms with Gasteiger partial charge in [0, 0.05) is 62.2 Å². The van der Waals surface area contributed by atoms with Crippen LogP contribution < -0.4 is 25.0 Å². The fourth-order valence-corrected chi connectivity index (χ4v) is 12.5. The number of hydrogen-bond acceptors (Lipinski definition) is 12. The SMILES string of the molecule is Cc1c(OC2CCC(CCCCN3CCC(Oc4ccc5c(C6CCC(=O)NC6=O)nn(C)c5c4)CC3)CC2)cccc1-c1ccc(N2CCc3cccc(C(=O)Nc4nc5ccccc5s4)c3C2)nc1C(=O)O. The lowest BCUT2D eigenvalue weighted by Gasteiger charge is -2.32. The predicted octanol–water partition coefficient (Wildman–Crippen LogP) is 10.2. The number of pyridine rings is 1. The number of likely N-dealkylation sites (tertiary alicyclic amines) is 1. The van der Waals surface area contributed by atoms with Crippen molar-refractivity contribution in [2.45, 2.75) is 109 Å². The van der Waals surface area contributed by atoms with Crippen LogP contribution in [-0.2, 0) is 29.6 Å². The van der Waals surface area contributed by atoms with Gasteiger partial charge < -0.3 is 24.4 Å². The van der Waals surface area contributed by atoms with E-state index in [2.05, 4.69) is 25.6 Å². The molecule has 1 saturated carbocycles. The number of nitrogens with zero attached hydrogens (tertiary/aromatic N) is 6. The first-order valence-electron chi connectivity index (χ1n) is 26.2. The maximum Gasteiger partial charge on any atom is 0.355 e. The van der Waals surface area contributed by atoms with E-state index in [1.807, 2.05) is 110 Å². The number of benzene rings is 4. The lowest BCUT2D eigenvalue weighted by atomic mass is 9.84. The van der Waals surface area contributed by atoms with E-state index in [1.165, 1.54) is 30.6 Å². The molecule has 1 unspecified atom stereocenters. The molecule has 0 bridgehead atoms. The molecule has 4 aliphatic rings. The number of aromatic carboxylic acids is 1. The van der Waals surface area contributed by atoms with Gasteiger partial charge in [0.25, 0.3) is 5.91 Å². The van der Waals surface area contributed by atoms with Crippen molar-refractivity contribution in [2.24, 2.45) is 13.0 Å². The van der Waals surface area contributed by atoms with E-state index >= 15 is 0 Å². The minimum atomic E-state index is -1.10. The largest absolute Gasteiger partial charge is 0.490 e. The maximum absolute atomic E-state index is 13.7. The standard InChI is InChI=1S/C58H62N8O7S/c1-35-41(42-22-24-51(60-54(42)57(70)71)66-32-26-37-10-7-12-43(46(37)34-66)55(68)62-58-59-47-13-3-4-15-50(47)74-58)11-8-14-49(35)73-38-18-16-36(17-19-38)9-5-6-29-65-30-27-39(28-31-65)72-40-20-21-44-48(33-40)64(2)63-53(44)45-23-25-52(67)61-56(45)69/h3-4,7-8,10-15,20-22,24,33,36,38-39,45H,5-6,9,16-19,23,25-32,34H2,1-2H3,(H,70,71)(H,59,62,68)(H,61,67,69). The molecule has 16 heteroatoms. The molecule has 4 aromatic carbocycles. The molecule has 74 heavy (non-hydrogen) atoms. The number of aromatic nitrogens is 4. The summed E-state index contributed by atoms with van der Waals surface area (Å²) in [5, 5.41) is 22.1. The average molecular weight is 1020 g/mol. The summed E-state index contributed by atoms with van der Waals surface area (Å²) < 4.78 is 16.0. The number of imide groups is 1. The number of ether oxygens (including phenoxy) is 2. The van der Waals surface area contributed by atoms with Gasteiger partial charge in [-0.3, -0.25) is 29.7 Å². The molecule has 2 saturated heterocycles. The van der Waals surface area contributed by atoms with Crippen LogP contribution in [0.15, 0.2) is 91.0 Å². The zero-order chi connectivity index (χ0) is 50.9. The molecule has 3 aromatic heterocycles. The van der Waals surface area contributed by atoms with Crippen molar-refractivity contribution in [1.82, 2.24) is 30.0 Å². The van der Waals surface area contributed by atoms with E-state index in [0.29, 0.717) is 66.0 Å². The number of carboxylic acids is 1. The number of nitrogens with one attached hydrogen (secondary N) is 2. The Labute approximate surface area is 434 Å². The number of aryl methyl sites for hydroxylation is 1. The van der Waals surface area contributed by atoms with Crippen LogP contribution in [0, 0.1) is 12.8 Å². The first kappa shape index (κ1) is 49.1. The molecule has 3 aliphatic heterocycles. The van der Waals surface area contributed by atoms with Crippen LogP contribution in [0.25, 0.3) is 32.2 Å². The first-order valence-corrected chi connectivity index (χ1v) is 27.1. The van der Waals surface area contributed by atoms with Crippen LogP contribution in [0.1, 0.15) is 120 Å². The minimum Gasteiger partial charge on any atom is -0.490 e. The van der Waals surface area contributed by atoms with Crippen LogP contribution in [0.3, 0.4) is 0 Å². The number of hydrogen-bond donors (Lipinski definition) is 3. The molecule has 7 aromatic rings. The predicted molar refractivity (Wildman–Crippen MR) is 286 cm³/mol. The molecule has 3 N–H and O–H groups in total. The first-order chi connectivity index (χ1) is 36.0. The lowest BCUT2D eigenvalue weighted by molar-refractivity contribution is -0.134. The number of carboxylic acid groups (broad SMARTS) is 1. The minimum absolute atomic E-state index is 0.0183. The van der Waals surface area contributed by atoms with E-state index in [1.54, 1.807) is 4.68 Å². The van der Waals surface area contributed by atoms with E-state index in [4.69, 9.17) is 14.5 Å². The number of thiazole rings is 1. The van der Waals surface area contributed by atoms with Gasteiger partial charge in [-0.15, -0.1) is 0 Å². The van der Waals surface area contributed by atoms with Crippen LogP contribution >= 0.6 is 11.3 Å². The topological polar surface area (TPSA) is 181 Å². The van der Waals surface area contributed by atoms with Crippen molar-refractivity contribution < 1.29 is 33.8 Å². The van der Waals surface area contributed by atoms with Gasteiger partial charge in [0.2, 0.25) is 11.8 Å². The fourth-order valence-electron chi connectivity index (χ4n) is 11.6. The highest BCUT2D eigenvalue weighted by molar-refractivity contribution is 7.22. The number of unbranched alkanes of at least 4 members (excludes halogenated alkanes) is 1. The molecule has 1 aliphatic carbocycles. The number of para-hydroxylation sites is 1. The molecule has 0 radical (unpaired) electrons. The summed E-state index contributed by atoms with van der Waals surface area (Å²) in [6, 6.07) is 29.2. The Bertz CT molecular complexity index is 3230. The van der Waals surface area contributed by atoms with Crippen molar-refractivity contribution in [1.29, 1.82) is 0 Å². The summed E-state index contributed by atoms with van der Waals surface area (Å²) in [5.41, 5.74) is 7.23. The second-order valence-electron chi connectivity index (χ2n) is 20.5. The van der Waals surface area contributed by atoms with Crippen molar-refractivity contribution in [2.75, 3.05) is 36.4 Å². The van der Waals surface area contributed by atoms with Gasteiger partial charge in [0.1, 0.15) is 23.4 Å². The Morgan fingerprint density at radius 1 is 0.824 bits per heavy atom. The van der Waals surface area contributed by atoms with E-state index < -0.39 is 11.9 Å². The van der Waals surface area contributed by atoms with Crippen molar-refractivity contribution in [3.8, 4) is 22.6 Å². The zero-order valence-corrected chi connectivity index (χ0v) is 42.8. The van der Waals surface area contributed by atoms with Gasteiger partial charge in [-0.25, -0.2) is 14.8 Å². The lowest BCUT2D eigenvalue weighted by Crippen LogP contribution is -2.39. The molecule has 15 nitrogen and oxygen atoms in total. The second kappa shape index (κ2) is 21.4. The summed E-state index contributed by atoms with van der Waals surface area (Å²) in [5.74, 6) is 0.580. The Balaban J connectivity index is 0.636. The molecule has 6 heterocycles. The number of carbonyl (C=O) groups excluding carboxylic acids is 3. The molecule has 1 atom stereocenters. The number of piperidine rings is 2. The van der Waals surface area contributed by atoms with Crippen LogP contribution in [-0.4, -0.2) is 91.8 Å². The Kier molecular flexibility index (Phi) is 14.2. The Hall–Kier alpha value is -7.17. The monoisotopic (exact) mass is 1010 g/mol. The van der Waals surface area contributed by atoms with Crippen LogP contribution in [0.2, 0.25) is 0 Å². The summed E-state index contributed by atoms with van der Waals surface area (Å²) in [4.78, 5) is 64.8. The van der Waals surface area contributed by atoms with Crippen molar-refractivity contribution in [3.05, 3.63) is 125 Å². The van der Waals surface area contributed by atoms with Gasteiger partial charge in [-0.2, -0.15) is 5.10 Å². The quantitative estimate of drug-likeness (QED) is 0.0654. The van der Waals surface area contributed by atoms with Gasteiger partial charge in [0.05, 0.1) is 33.4 Å². The highest BCUT2D eigenvalue weighted by Crippen LogP contribution is 2.38. The molecular weight excluding hydrogens is 953 g/mol. The third kappa shape index (κ3) is 10.5. The third-order valence-electron chi connectivity index (χ3n) is 15.7. The highest BCUT2D eigenvalue weighted by Gasteiger charge is 2.33. The number of amides is 3. The zero-order valence-electron chi connectivity index (χ0n) is 42.0. The molecule has 11 rings (SSSR count). The highest BCUT2D eigenvalue weighted by atomic mass is 32.1. The second-order valence-corrected chi connectivity index (χ2v) is 21.5. The number of rotatable bonds is 15. The summed E-state index contributed by atoms with van der Waals surface area (Å²) >= 11 is 1.44. The third-order valence-corrected chi connectivity index (χ3v) is 16.6. The number of anilines is 2. The molecular formula is C58H62N8O7S. The van der Waals surface area contributed by atoms with Crippen molar-refractivity contribution in [3.63, 3.8) is 0 Å². The van der Waals surface area contributed by atoms with Crippen LogP contribution in [0.4, 0.5) is 10.9 Å². The van der Waals surface area contributed by atoms with Crippen LogP contribution in [0.5, 0.6) is 11.5 Å².